The third kappa shape index (κ3) is 1.76. The summed E-state index contributed by atoms with van der Waals surface area (Å²) in [4.78, 5) is 0. The van der Waals surface area contributed by atoms with Crippen LogP contribution in [-0.4, -0.2) is 10.7 Å². The molecule has 2 aliphatic rings. The molecule has 0 aliphatic heterocycles. The fourth-order valence-corrected chi connectivity index (χ4v) is 3.22. The fourth-order valence-electron chi connectivity index (χ4n) is 3.22. The molecule has 76 valence electrons. The van der Waals surface area contributed by atoms with E-state index in [1.54, 1.807) is 0 Å². The number of hydrogen-bond donors (Lipinski definition) is 1. The summed E-state index contributed by atoms with van der Waals surface area (Å²) < 4.78 is 0. The highest BCUT2D eigenvalue weighted by molar-refractivity contribution is 4.94. The van der Waals surface area contributed by atoms with Crippen LogP contribution >= 0.6 is 0 Å². The van der Waals surface area contributed by atoms with Crippen LogP contribution in [0.15, 0.2) is 0 Å². The smallest absolute Gasteiger partial charge is 0.0645 e. The Labute approximate surface area is 81.5 Å². The molecule has 2 saturated carbocycles. The third-order valence-corrected chi connectivity index (χ3v) is 4.56. The van der Waals surface area contributed by atoms with Gasteiger partial charge in [0, 0.05) is 0 Å². The van der Waals surface area contributed by atoms with Crippen molar-refractivity contribution < 1.29 is 5.11 Å². The van der Waals surface area contributed by atoms with Crippen molar-refractivity contribution in [3.8, 4) is 0 Å². The van der Waals surface area contributed by atoms with E-state index in [0.29, 0.717) is 5.41 Å². The van der Waals surface area contributed by atoms with Crippen molar-refractivity contribution in [2.24, 2.45) is 5.41 Å². The molecule has 0 radical (unpaired) electrons. The molecule has 0 unspecified atom stereocenters. The summed E-state index contributed by atoms with van der Waals surface area (Å²) in [6.07, 6.45) is 11.4. The van der Waals surface area contributed by atoms with Gasteiger partial charge < -0.3 is 5.11 Å². The van der Waals surface area contributed by atoms with Crippen LogP contribution in [0.2, 0.25) is 0 Å². The Bertz CT molecular complexity index is 170. The number of aliphatic hydroxyl groups is 1. The van der Waals surface area contributed by atoms with Crippen LogP contribution in [0.3, 0.4) is 0 Å². The second kappa shape index (κ2) is 3.27. The number of hydrogen-bond acceptors (Lipinski definition) is 1. The number of rotatable bonds is 1. The van der Waals surface area contributed by atoms with Gasteiger partial charge in [-0.2, -0.15) is 0 Å². The van der Waals surface area contributed by atoms with E-state index in [0.717, 1.165) is 19.3 Å². The molecule has 13 heavy (non-hydrogen) atoms. The zero-order chi connectivity index (χ0) is 9.36. The summed E-state index contributed by atoms with van der Waals surface area (Å²) in [6.45, 7) is 2.12. The first-order valence-electron chi connectivity index (χ1n) is 5.91. The predicted molar refractivity (Wildman–Crippen MR) is 54.6 cm³/mol. The highest BCUT2D eigenvalue weighted by atomic mass is 16.3. The third-order valence-electron chi connectivity index (χ3n) is 4.56. The van der Waals surface area contributed by atoms with Crippen LogP contribution in [0.25, 0.3) is 0 Å². The van der Waals surface area contributed by atoms with Crippen LogP contribution in [0.5, 0.6) is 0 Å². The van der Waals surface area contributed by atoms with Gasteiger partial charge in [-0.3, -0.25) is 0 Å². The average Bonchev–Trinajstić information content (AvgIpc) is 2.61. The highest BCUT2D eigenvalue weighted by Crippen LogP contribution is 2.51. The Morgan fingerprint density at radius 2 is 1.46 bits per heavy atom. The molecular formula is C12H22O. The van der Waals surface area contributed by atoms with Crippen molar-refractivity contribution in [2.45, 2.75) is 70.3 Å². The van der Waals surface area contributed by atoms with Gasteiger partial charge in [0.1, 0.15) is 0 Å². The molecule has 1 nitrogen and oxygen atoms in total. The lowest BCUT2D eigenvalue weighted by Crippen LogP contribution is -2.37. The second-order valence-electron chi connectivity index (χ2n) is 5.29. The van der Waals surface area contributed by atoms with Crippen LogP contribution < -0.4 is 0 Å². The lowest BCUT2D eigenvalue weighted by atomic mass is 9.67. The van der Waals surface area contributed by atoms with Gasteiger partial charge in [0.05, 0.1) is 5.60 Å². The van der Waals surface area contributed by atoms with Crippen molar-refractivity contribution in [2.75, 3.05) is 0 Å². The van der Waals surface area contributed by atoms with Crippen molar-refractivity contribution in [3.05, 3.63) is 0 Å². The van der Waals surface area contributed by atoms with Gasteiger partial charge in [0.2, 0.25) is 0 Å². The van der Waals surface area contributed by atoms with E-state index >= 15 is 0 Å². The summed E-state index contributed by atoms with van der Waals surface area (Å²) in [5, 5.41) is 10.1. The van der Waals surface area contributed by atoms with Crippen molar-refractivity contribution in [1.82, 2.24) is 0 Å². The Kier molecular flexibility index (Phi) is 2.39. The molecule has 0 aromatic rings. The van der Waals surface area contributed by atoms with E-state index in [1.165, 1.54) is 38.5 Å². The summed E-state index contributed by atoms with van der Waals surface area (Å²) in [7, 11) is 0. The first kappa shape index (κ1) is 9.51. The summed E-state index contributed by atoms with van der Waals surface area (Å²) in [5.74, 6) is 0. The van der Waals surface area contributed by atoms with E-state index in [-0.39, 0.29) is 5.60 Å². The molecule has 0 amide bonds. The van der Waals surface area contributed by atoms with Gasteiger partial charge in [0.25, 0.3) is 0 Å². The maximum absolute atomic E-state index is 10.1. The Hall–Kier alpha value is -0.0400. The van der Waals surface area contributed by atoms with Gasteiger partial charge in [-0.1, -0.05) is 19.8 Å². The van der Waals surface area contributed by atoms with E-state index in [2.05, 4.69) is 6.92 Å². The fraction of sp³-hybridized carbons (Fsp3) is 1.00. The van der Waals surface area contributed by atoms with Crippen LogP contribution in [0, 0.1) is 5.41 Å². The van der Waals surface area contributed by atoms with Gasteiger partial charge in [-0.05, 0) is 50.4 Å². The first-order chi connectivity index (χ1) is 6.18. The quantitative estimate of drug-likeness (QED) is 0.660. The molecule has 1 heteroatoms. The molecule has 0 bridgehead atoms. The molecule has 1 N–H and O–H groups in total. The SMILES string of the molecule is CCC1(O)CCC2(CCCC2)CC1. The first-order valence-corrected chi connectivity index (χ1v) is 5.91. The van der Waals surface area contributed by atoms with Gasteiger partial charge in [0.15, 0.2) is 0 Å². The second-order valence-corrected chi connectivity index (χ2v) is 5.29. The highest BCUT2D eigenvalue weighted by Gasteiger charge is 2.41. The maximum atomic E-state index is 10.1. The van der Waals surface area contributed by atoms with Crippen LogP contribution in [0.1, 0.15) is 64.7 Å². The maximum Gasteiger partial charge on any atom is 0.0645 e. The predicted octanol–water partition coefficient (Wildman–Crippen LogP) is 3.26. The molecule has 0 aromatic heterocycles. The minimum absolute atomic E-state index is 0.298. The van der Waals surface area contributed by atoms with E-state index in [1.807, 2.05) is 0 Å². The molecule has 2 aliphatic carbocycles. The largest absolute Gasteiger partial charge is 0.390 e. The standard InChI is InChI=1S/C12H22O/c1-2-12(13)9-7-11(8-10-12)5-3-4-6-11/h13H,2-10H2,1H3. The minimum atomic E-state index is -0.298. The molecule has 2 rings (SSSR count). The summed E-state index contributed by atoms with van der Waals surface area (Å²) >= 11 is 0. The molecule has 0 aromatic carbocycles. The molecule has 2 fully saturated rings. The average molecular weight is 182 g/mol. The van der Waals surface area contributed by atoms with Gasteiger partial charge in [-0.15, -0.1) is 0 Å². The minimum Gasteiger partial charge on any atom is -0.390 e. The van der Waals surface area contributed by atoms with E-state index in [9.17, 15) is 5.11 Å². The normalized spacial score (nSPS) is 30.9. The van der Waals surface area contributed by atoms with Crippen molar-refractivity contribution in [1.29, 1.82) is 0 Å². The zero-order valence-electron chi connectivity index (χ0n) is 8.81. The van der Waals surface area contributed by atoms with Crippen molar-refractivity contribution >= 4 is 0 Å². The zero-order valence-corrected chi connectivity index (χ0v) is 8.81. The van der Waals surface area contributed by atoms with E-state index in [4.69, 9.17) is 0 Å². The Morgan fingerprint density at radius 3 is 1.92 bits per heavy atom. The summed E-state index contributed by atoms with van der Waals surface area (Å²) in [6, 6.07) is 0. The monoisotopic (exact) mass is 182 g/mol. The summed E-state index contributed by atoms with van der Waals surface area (Å²) in [5.41, 5.74) is 0.370. The lowest BCUT2D eigenvalue weighted by molar-refractivity contribution is -0.0352. The van der Waals surface area contributed by atoms with E-state index < -0.39 is 0 Å². The van der Waals surface area contributed by atoms with Gasteiger partial charge in [-0.25, -0.2) is 0 Å². The molecule has 0 heterocycles. The van der Waals surface area contributed by atoms with Gasteiger partial charge >= 0.3 is 0 Å². The Balaban J connectivity index is 1.95. The molecular weight excluding hydrogens is 160 g/mol. The molecule has 0 atom stereocenters. The topological polar surface area (TPSA) is 20.2 Å². The van der Waals surface area contributed by atoms with Crippen LogP contribution in [-0.2, 0) is 0 Å². The molecule has 0 saturated heterocycles. The van der Waals surface area contributed by atoms with Crippen molar-refractivity contribution in [3.63, 3.8) is 0 Å². The molecule has 1 spiro atoms. The van der Waals surface area contributed by atoms with Crippen LogP contribution in [0.4, 0.5) is 0 Å². The lowest BCUT2D eigenvalue weighted by Gasteiger charge is -2.41. The Morgan fingerprint density at radius 1 is 0.923 bits per heavy atom.